The van der Waals surface area contributed by atoms with Gasteiger partial charge in [0.2, 0.25) is 0 Å². The molecule has 0 radical (unpaired) electrons. The lowest BCUT2D eigenvalue weighted by Crippen LogP contribution is -2.17. The van der Waals surface area contributed by atoms with Crippen molar-refractivity contribution in [2.24, 2.45) is 0 Å². The normalized spacial score (nSPS) is 11.6. The number of benzene rings is 2. The van der Waals surface area contributed by atoms with Crippen LogP contribution in [-0.2, 0) is 16.6 Å². The van der Waals surface area contributed by atoms with Gasteiger partial charge in [0.05, 0.1) is 22.1 Å². The summed E-state index contributed by atoms with van der Waals surface area (Å²) in [5.74, 6) is 0. The van der Waals surface area contributed by atoms with Gasteiger partial charge in [-0.05, 0) is 83.6 Å². The van der Waals surface area contributed by atoms with Gasteiger partial charge in [0.15, 0.2) is 0 Å². The van der Waals surface area contributed by atoms with Crippen molar-refractivity contribution in [3.05, 3.63) is 75.0 Å². The number of aryl methyl sites for hydroxylation is 2. The van der Waals surface area contributed by atoms with Crippen LogP contribution in [-0.4, -0.2) is 18.2 Å². The van der Waals surface area contributed by atoms with Gasteiger partial charge in [-0.3, -0.25) is 9.40 Å². The molecule has 3 rings (SSSR count). The van der Waals surface area contributed by atoms with E-state index in [1.54, 1.807) is 16.9 Å². The summed E-state index contributed by atoms with van der Waals surface area (Å²) in [4.78, 5) is 0.362. The van der Waals surface area contributed by atoms with Gasteiger partial charge in [-0.25, -0.2) is 8.42 Å². The monoisotopic (exact) mass is 447 g/mol. The van der Waals surface area contributed by atoms with Gasteiger partial charge < -0.3 is 0 Å². The summed E-state index contributed by atoms with van der Waals surface area (Å²) in [7, 11) is -3.69. The quantitative estimate of drug-likeness (QED) is 0.614. The van der Waals surface area contributed by atoms with Gasteiger partial charge in [0.25, 0.3) is 10.0 Å². The zero-order valence-corrected chi connectivity index (χ0v) is 18.1. The van der Waals surface area contributed by atoms with Crippen LogP contribution in [0.3, 0.4) is 0 Å². The van der Waals surface area contributed by atoms with Crippen molar-refractivity contribution >= 4 is 31.6 Å². The fourth-order valence-electron chi connectivity index (χ4n) is 3.13. The van der Waals surface area contributed by atoms with Crippen LogP contribution in [0.5, 0.6) is 0 Å². The summed E-state index contributed by atoms with van der Waals surface area (Å²) in [5.41, 5.74) is 5.00. The number of halogens is 1. The fraction of sp³-hybridized carbons (Fsp3) is 0.250. The molecule has 0 fully saturated rings. The predicted molar refractivity (Wildman–Crippen MR) is 112 cm³/mol. The fourth-order valence-corrected chi connectivity index (χ4v) is 5.13. The highest BCUT2D eigenvalue weighted by molar-refractivity contribution is 9.10. The molecule has 1 aromatic heterocycles. The third-order valence-corrected chi connectivity index (χ3v) is 6.76. The molecule has 0 spiro atoms. The molecule has 142 valence electrons. The van der Waals surface area contributed by atoms with E-state index in [1.165, 1.54) is 0 Å². The second kappa shape index (κ2) is 7.48. The maximum absolute atomic E-state index is 13.1. The van der Waals surface area contributed by atoms with E-state index in [0.29, 0.717) is 17.1 Å². The Kier molecular flexibility index (Phi) is 5.44. The smallest absolute Gasteiger partial charge is 0.262 e. The molecule has 5 nitrogen and oxygen atoms in total. The average Bonchev–Trinajstić information content (AvgIpc) is 2.98. The number of rotatable bonds is 5. The maximum atomic E-state index is 13.1. The van der Waals surface area contributed by atoms with Crippen LogP contribution in [0.4, 0.5) is 5.69 Å². The number of sulfonamides is 1. The van der Waals surface area contributed by atoms with Gasteiger partial charge in [-0.2, -0.15) is 5.10 Å². The molecule has 3 aromatic rings. The van der Waals surface area contributed by atoms with E-state index >= 15 is 0 Å². The second-order valence-corrected chi connectivity index (χ2v) is 9.29. The molecule has 0 amide bonds. The Labute approximate surface area is 168 Å². The van der Waals surface area contributed by atoms with Crippen LogP contribution in [0.1, 0.15) is 27.8 Å². The van der Waals surface area contributed by atoms with Crippen molar-refractivity contribution < 1.29 is 8.42 Å². The molecule has 0 saturated heterocycles. The Morgan fingerprint density at radius 2 is 1.74 bits per heavy atom. The summed E-state index contributed by atoms with van der Waals surface area (Å²) >= 11 is 3.38. The van der Waals surface area contributed by atoms with Gasteiger partial charge in [-0.1, -0.05) is 18.2 Å². The van der Waals surface area contributed by atoms with Crippen LogP contribution in [0.2, 0.25) is 0 Å². The molecule has 0 saturated carbocycles. The number of hydrogen-bond acceptors (Lipinski definition) is 3. The minimum Gasteiger partial charge on any atom is -0.280 e. The number of aromatic nitrogens is 2. The van der Waals surface area contributed by atoms with Crippen molar-refractivity contribution in [3.63, 3.8) is 0 Å². The standard InChI is InChI=1S/C20H22BrN3O2S/c1-13-8-14(2)16(4)20(15(13)3)27(25,26)23-19-7-5-6-17(9-19)11-24-12-18(21)10-22-24/h5-10,12,23H,11H2,1-4H3. The van der Waals surface area contributed by atoms with Crippen molar-refractivity contribution in [2.45, 2.75) is 39.1 Å². The molecule has 0 aliphatic rings. The lowest BCUT2D eigenvalue weighted by molar-refractivity contribution is 0.599. The van der Waals surface area contributed by atoms with Crippen molar-refractivity contribution in [1.82, 2.24) is 9.78 Å². The first-order chi connectivity index (χ1) is 12.7. The lowest BCUT2D eigenvalue weighted by Gasteiger charge is -2.17. The highest BCUT2D eigenvalue weighted by atomic mass is 79.9. The summed E-state index contributed by atoms with van der Waals surface area (Å²) in [6, 6.07) is 9.40. The second-order valence-electron chi connectivity index (χ2n) is 6.75. The van der Waals surface area contributed by atoms with Crippen molar-refractivity contribution in [3.8, 4) is 0 Å². The SMILES string of the molecule is Cc1cc(C)c(C)c(S(=O)(=O)Nc2cccc(Cn3cc(Br)cn3)c2)c1C. The van der Waals surface area contributed by atoms with E-state index in [1.807, 2.05) is 58.2 Å². The molecule has 0 atom stereocenters. The molecule has 1 heterocycles. The van der Waals surface area contributed by atoms with Crippen LogP contribution in [0.25, 0.3) is 0 Å². The molecule has 1 N–H and O–H groups in total. The van der Waals surface area contributed by atoms with E-state index in [-0.39, 0.29) is 0 Å². The van der Waals surface area contributed by atoms with Crippen LogP contribution in [0, 0.1) is 27.7 Å². The summed E-state index contributed by atoms with van der Waals surface area (Å²) in [5, 5.41) is 4.24. The molecule has 2 aromatic carbocycles. The zero-order valence-electron chi connectivity index (χ0n) is 15.7. The third-order valence-electron chi connectivity index (χ3n) is 4.69. The highest BCUT2D eigenvalue weighted by Crippen LogP contribution is 2.28. The Hall–Kier alpha value is -2.12. The van der Waals surface area contributed by atoms with Gasteiger partial charge >= 0.3 is 0 Å². The first kappa shape index (κ1) is 19.6. The highest BCUT2D eigenvalue weighted by Gasteiger charge is 2.22. The Bertz CT molecular complexity index is 1080. The molecule has 7 heteroatoms. The molecule has 0 bridgehead atoms. The van der Waals surface area contributed by atoms with E-state index in [9.17, 15) is 8.42 Å². The molecular weight excluding hydrogens is 426 g/mol. The van der Waals surface area contributed by atoms with Gasteiger partial charge in [-0.15, -0.1) is 0 Å². The Morgan fingerprint density at radius 1 is 1.07 bits per heavy atom. The number of anilines is 1. The predicted octanol–water partition coefficient (Wildman–Crippen LogP) is 4.73. The van der Waals surface area contributed by atoms with E-state index in [2.05, 4.69) is 25.8 Å². The average molecular weight is 448 g/mol. The van der Waals surface area contributed by atoms with Crippen molar-refractivity contribution in [1.29, 1.82) is 0 Å². The molecule has 0 aliphatic heterocycles. The van der Waals surface area contributed by atoms with Crippen molar-refractivity contribution in [2.75, 3.05) is 4.72 Å². The van der Waals surface area contributed by atoms with Crippen LogP contribution >= 0.6 is 15.9 Å². The largest absolute Gasteiger partial charge is 0.280 e. The summed E-state index contributed by atoms with van der Waals surface area (Å²) < 4.78 is 31.6. The zero-order chi connectivity index (χ0) is 19.8. The van der Waals surface area contributed by atoms with Crippen LogP contribution < -0.4 is 4.72 Å². The van der Waals surface area contributed by atoms with E-state index in [4.69, 9.17) is 0 Å². The lowest BCUT2D eigenvalue weighted by atomic mass is 10.0. The Balaban J connectivity index is 1.92. The third kappa shape index (κ3) is 4.25. The molecule has 0 unspecified atom stereocenters. The van der Waals surface area contributed by atoms with E-state index < -0.39 is 10.0 Å². The number of nitrogens with zero attached hydrogens (tertiary/aromatic N) is 2. The summed E-state index contributed by atoms with van der Waals surface area (Å²) in [6.07, 6.45) is 3.59. The number of hydrogen-bond donors (Lipinski definition) is 1. The van der Waals surface area contributed by atoms with Gasteiger partial charge in [0.1, 0.15) is 0 Å². The maximum Gasteiger partial charge on any atom is 0.262 e. The minimum absolute atomic E-state index is 0.362. The van der Waals surface area contributed by atoms with E-state index in [0.717, 1.165) is 32.3 Å². The summed E-state index contributed by atoms with van der Waals surface area (Å²) in [6.45, 7) is 8.13. The first-order valence-electron chi connectivity index (χ1n) is 8.54. The topological polar surface area (TPSA) is 64.0 Å². The molecule has 27 heavy (non-hydrogen) atoms. The molecule has 0 aliphatic carbocycles. The first-order valence-corrected chi connectivity index (χ1v) is 10.8. The number of nitrogens with one attached hydrogen (secondary N) is 1. The molecular formula is C20H22BrN3O2S. The van der Waals surface area contributed by atoms with Crippen LogP contribution in [0.15, 0.2) is 52.1 Å². The minimum atomic E-state index is -3.69. The Morgan fingerprint density at radius 3 is 2.33 bits per heavy atom. The van der Waals surface area contributed by atoms with Gasteiger partial charge in [0, 0.05) is 11.9 Å².